The number of hydrazone groups is 1. The van der Waals surface area contributed by atoms with E-state index < -0.39 is 17.2 Å². The van der Waals surface area contributed by atoms with Gasteiger partial charge in [0.05, 0.1) is 22.7 Å². The first kappa shape index (κ1) is 15.9. The highest BCUT2D eigenvalue weighted by atomic mass is 19.4. The third kappa shape index (κ3) is 2.15. The number of rotatable bonds is 1. The van der Waals surface area contributed by atoms with Crippen LogP contribution in [-0.2, 0) is 5.41 Å². The fourth-order valence-electron chi connectivity index (χ4n) is 4.21. The van der Waals surface area contributed by atoms with Gasteiger partial charge in [-0.15, -0.1) is 0 Å². The van der Waals surface area contributed by atoms with E-state index in [1.807, 2.05) is 44.3 Å². The molecule has 0 bridgehead atoms. The molecule has 2 nitrogen and oxygen atoms in total. The van der Waals surface area contributed by atoms with Crippen LogP contribution in [0.3, 0.4) is 0 Å². The van der Waals surface area contributed by atoms with Gasteiger partial charge in [0.15, 0.2) is 0 Å². The number of allylic oxidation sites excluding steroid dienone is 1. The summed E-state index contributed by atoms with van der Waals surface area (Å²) in [4.78, 5) is 0. The molecule has 0 amide bonds. The molecule has 4 rings (SSSR count). The van der Waals surface area contributed by atoms with Crippen LogP contribution in [0.1, 0.15) is 29.7 Å². The smallest absolute Gasteiger partial charge is 0.291 e. The molecule has 25 heavy (non-hydrogen) atoms. The molecule has 128 valence electrons. The van der Waals surface area contributed by atoms with Gasteiger partial charge in [-0.05, 0) is 23.6 Å². The second-order valence-corrected chi connectivity index (χ2v) is 6.54. The molecular weight excluding hydrogens is 325 g/mol. The quantitative estimate of drug-likeness (QED) is 0.716. The molecule has 5 heteroatoms. The van der Waals surface area contributed by atoms with Crippen molar-refractivity contribution in [3.63, 3.8) is 0 Å². The first-order chi connectivity index (χ1) is 11.9. The summed E-state index contributed by atoms with van der Waals surface area (Å²) in [6.07, 6.45) is -3.03. The molecule has 2 aromatic rings. The molecule has 0 radical (unpaired) electrons. The lowest BCUT2D eigenvalue weighted by molar-refractivity contribution is -0.0688. The van der Waals surface area contributed by atoms with Crippen LogP contribution in [0.15, 0.2) is 65.8 Å². The van der Waals surface area contributed by atoms with E-state index in [0.717, 1.165) is 5.56 Å². The van der Waals surface area contributed by atoms with Crippen molar-refractivity contribution in [2.45, 2.75) is 24.6 Å². The minimum Gasteiger partial charge on any atom is -0.291 e. The summed E-state index contributed by atoms with van der Waals surface area (Å²) in [5.41, 5.74) is 1.06. The fraction of sp³-hybridized carbons (Fsp3) is 0.250. The first-order valence-electron chi connectivity index (χ1n) is 8.09. The van der Waals surface area contributed by atoms with Gasteiger partial charge in [0.1, 0.15) is 0 Å². The fourth-order valence-corrected chi connectivity index (χ4v) is 4.21. The number of hydrogen-bond acceptors (Lipinski definition) is 2. The Kier molecular flexibility index (Phi) is 3.33. The molecule has 1 heterocycles. The van der Waals surface area contributed by atoms with Crippen LogP contribution in [0, 0.1) is 0 Å². The Morgan fingerprint density at radius 1 is 1.00 bits per heavy atom. The Labute approximate surface area is 144 Å². The van der Waals surface area contributed by atoms with Gasteiger partial charge in [-0.2, -0.15) is 18.3 Å². The topological polar surface area (TPSA) is 15.6 Å². The maximum absolute atomic E-state index is 13.7. The van der Waals surface area contributed by atoms with Crippen molar-refractivity contribution in [2.75, 3.05) is 7.05 Å². The van der Waals surface area contributed by atoms with E-state index in [1.165, 1.54) is 6.08 Å². The summed E-state index contributed by atoms with van der Waals surface area (Å²) >= 11 is 0. The van der Waals surface area contributed by atoms with Gasteiger partial charge in [-0.25, -0.2) is 0 Å². The second-order valence-electron chi connectivity index (χ2n) is 6.54. The van der Waals surface area contributed by atoms with Crippen LogP contribution in [0.4, 0.5) is 13.2 Å². The van der Waals surface area contributed by atoms with Gasteiger partial charge in [0.25, 0.3) is 0 Å². The van der Waals surface area contributed by atoms with Crippen LogP contribution in [0.5, 0.6) is 0 Å². The largest absolute Gasteiger partial charge is 0.416 e. The van der Waals surface area contributed by atoms with Crippen LogP contribution < -0.4 is 0 Å². The van der Waals surface area contributed by atoms with Gasteiger partial charge >= 0.3 is 6.18 Å². The van der Waals surface area contributed by atoms with E-state index in [4.69, 9.17) is 0 Å². The van der Waals surface area contributed by atoms with Crippen LogP contribution >= 0.6 is 0 Å². The van der Waals surface area contributed by atoms with Crippen molar-refractivity contribution in [3.8, 4) is 0 Å². The minimum absolute atomic E-state index is 0.251. The number of likely N-dealkylation sites (N-methyl/N-ethyl adjacent to an activating group) is 1. The Bertz CT molecular complexity index is 883. The molecule has 2 unspecified atom stereocenters. The zero-order chi connectivity index (χ0) is 17.8. The van der Waals surface area contributed by atoms with Crippen molar-refractivity contribution in [1.29, 1.82) is 0 Å². The van der Waals surface area contributed by atoms with E-state index >= 15 is 0 Å². The molecule has 2 aromatic carbocycles. The normalized spacial score (nSPS) is 25.2. The SMILES string of the molecule is CC1=NN(C)C(c2ccccc2)C12C=C(C(F)(F)F)c1ccccc12. The summed E-state index contributed by atoms with van der Waals surface area (Å²) < 4.78 is 41.1. The van der Waals surface area contributed by atoms with Crippen LogP contribution in [-0.4, -0.2) is 23.9 Å². The Morgan fingerprint density at radius 3 is 2.32 bits per heavy atom. The maximum Gasteiger partial charge on any atom is 0.416 e. The molecule has 1 spiro atoms. The predicted octanol–water partition coefficient (Wildman–Crippen LogP) is 4.95. The predicted molar refractivity (Wildman–Crippen MR) is 92.2 cm³/mol. The molecule has 1 aliphatic heterocycles. The van der Waals surface area contributed by atoms with Gasteiger partial charge in [0.2, 0.25) is 0 Å². The van der Waals surface area contributed by atoms with Crippen molar-refractivity contribution in [2.24, 2.45) is 5.10 Å². The molecule has 2 aliphatic rings. The van der Waals surface area contributed by atoms with Crippen molar-refractivity contribution >= 4 is 11.3 Å². The number of benzene rings is 2. The lowest BCUT2D eigenvalue weighted by atomic mass is 9.71. The Balaban J connectivity index is 2.01. The third-order valence-electron chi connectivity index (χ3n) is 5.17. The Morgan fingerprint density at radius 2 is 1.64 bits per heavy atom. The number of hydrogen-bond donors (Lipinski definition) is 0. The summed E-state index contributed by atoms with van der Waals surface area (Å²) in [5.74, 6) is 0. The van der Waals surface area contributed by atoms with E-state index in [1.54, 1.807) is 29.3 Å². The van der Waals surface area contributed by atoms with E-state index in [9.17, 15) is 13.2 Å². The lowest BCUT2D eigenvalue weighted by Gasteiger charge is -2.34. The highest BCUT2D eigenvalue weighted by molar-refractivity contribution is 6.03. The number of fused-ring (bicyclic) bond motifs is 2. The number of nitrogens with zero attached hydrogens (tertiary/aromatic N) is 2. The maximum atomic E-state index is 13.7. The molecule has 0 aromatic heterocycles. The van der Waals surface area contributed by atoms with Crippen LogP contribution in [0.25, 0.3) is 5.57 Å². The molecule has 1 aliphatic carbocycles. The highest BCUT2D eigenvalue weighted by Crippen LogP contribution is 2.56. The number of alkyl halides is 3. The molecule has 0 fully saturated rings. The lowest BCUT2D eigenvalue weighted by Crippen LogP contribution is -2.37. The molecule has 0 saturated heterocycles. The average molecular weight is 342 g/mol. The van der Waals surface area contributed by atoms with E-state index in [-0.39, 0.29) is 11.6 Å². The van der Waals surface area contributed by atoms with Gasteiger partial charge in [-0.3, -0.25) is 5.01 Å². The summed E-state index contributed by atoms with van der Waals surface area (Å²) in [7, 11) is 1.82. The average Bonchev–Trinajstić information content (AvgIpc) is 3.05. The van der Waals surface area contributed by atoms with Gasteiger partial charge in [0, 0.05) is 7.05 Å². The van der Waals surface area contributed by atoms with Gasteiger partial charge in [-0.1, -0.05) is 60.7 Å². The zero-order valence-corrected chi connectivity index (χ0v) is 13.9. The van der Waals surface area contributed by atoms with Crippen molar-refractivity contribution in [1.82, 2.24) is 5.01 Å². The summed E-state index contributed by atoms with van der Waals surface area (Å²) in [6.45, 7) is 1.81. The molecule has 0 N–H and O–H groups in total. The minimum atomic E-state index is -4.40. The zero-order valence-electron chi connectivity index (χ0n) is 13.9. The standard InChI is InChI=1S/C20H17F3N2/c1-13-19(18(25(2)24-13)14-8-4-3-5-9-14)12-17(20(21,22)23)15-10-6-7-11-16(15)19/h3-12,18H,1-2H3. The van der Waals surface area contributed by atoms with Crippen LogP contribution in [0.2, 0.25) is 0 Å². The molecule has 0 saturated carbocycles. The summed E-state index contributed by atoms with van der Waals surface area (Å²) in [5, 5.41) is 6.31. The van der Waals surface area contributed by atoms with E-state index in [2.05, 4.69) is 5.10 Å². The van der Waals surface area contributed by atoms with Crippen molar-refractivity contribution < 1.29 is 13.2 Å². The second kappa shape index (κ2) is 5.22. The number of halogens is 3. The summed E-state index contributed by atoms with van der Waals surface area (Å²) in [6, 6.07) is 16.1. The molecular formula is C20H17F3N2. The Hall–Kier alpha value is -2.56. The monoisotopic (exact) mass is 342 g/mol. The third-order valence-corrected chi connectivity index (χ3v) is 5.17. The van der Waals surface area contributed by atoms with E-state index in [0.29, 0.717) is 11.3 Å². The highest BCUT2D eigenvalue weighted by Gasteiger charge is 2.56. The first-order valence-corrected chi connectivity index (χ1v) is 8.09. The van der Waals surface area contributed by atoms with Crippen molar-refractivity contribution in [3.05, 3.63) is 77.4 Å². The van der Waals surface area contributed by atoms with Gasteiger partial charge < -0.3 is 0 Å². The molecule has 2 atom stereocenters.